The summed E-state index contributed by atoms with van der Waals surface area (Å²) in [7, 11) is 0. The quantitative estimate of drug-likeness (QED) is 0.675. The fourth-order valence-electron chi connectivity index (χ4n) is 3.66. The molecule has 146 valence electrons. The minimum atomic E-state index is 0.0351. The molecule has 1 amide bonds. The van der Waals surface area contributed by atoms with Crippen LogP contribution in [0.4, 0.5) is 5.82 Å². The Labute approximate surface area is 164 Å². The van der Waals surface area contributed by atoms with Gasteiger partial charge in [0.1, 0.15) is 11.6 Å². The molecule has 0 N–H and O–H groups in total. The van der Waals surface area contributed by atoms with E-state index in [1.807, 2.05) is 11.0 Å². The molecule has 1 aliphatic heterocycles. The number of hydrogen-bond acceptors (Lipinski definition) is 6. The van der Waals surface area contributed by atoms with Crippen LogP contribution in [0.1, 0.15) is 42.1 Å². The summed E-state index contributed by atoms with van der Waals surface area (Å²) in [4.78, 5) is 25.5. The van der Waals surface area contributed by atoms with Crippen LogP contribution in [0.2, 0.25) is 0 Å². The van der Waals surface area contributed by atoms with Gasteiger partial charge in [0, 0.05) is 56.8 Å². The standard InChI is InChI=1S/C20H25N7O/c1-3-6-16-13-18(22-20-24-23-17(4-2)27(16)20)25-9-11-26(12-10-25)19(28)15-7-5-8-21-14-15/h5,7-8,13-14H,3-4,6,9-12H2,1-2H3. The van der Waals surface area contributed by atoms with Crippen molar-refractivity contribution in [1.82, 2.24) is 29.5 Å². The molecule has 3 aromatic rings. The Morgan fingerprint density at radius 3 is 2.64 bits per heavy atom. The van der Waals surface area contributed by atoms with Crippen LogP contribution in [0.5, 0.6) is 0 Å². The summed E-state index contributed by atoms with van der Waals surface area (Å²) < 4.78 is 2.08. The van der Waals surface area contributed by atoms with Crippen molar-refractivity contribution in [2.45, 2.75) is 33.1 Å². The molecule has 0 bridgehead atoms. The van der Waals surface area contributed by atoms with Gasteiger partial charge in [-0.25, -0.2) is 0 Å². The number of nitrogens with zero attached hydrogens (tertiary/aromatic N) is 7. The van der Waals surface area contributed by atoms with Gasteiger partial charge < -0.3 is 9.80 Å². The summed E-state index contributed by atoms with van der Waals surface area (Å²) in [5, 5.41) is 8.56. The van der Waals surface area contributed by atoms with E-state index in [0.717, 1.165) is 44.0 Å². The van der Waals surface area contributed by atoms with Crippen LogP contribution in [-0.2, 0) is 12.8 Å². The minimum absolute atomic E-state index is 0.0351. The van der Waals surface area contributed by atoms with Crippen molar-refractivity contribution < 1.29 is 4.79 Å². The molecular formula is C20H25N7O. The number of hydrogen-bond donors (Lipinski definition) is 0. The van der Waals surface area contributed by atoms with Gasteiger partial charge in [0.05, 0.1) is 5.56 Å². The Balaban J connectivity index is 1.53. The molecule has 1 saturated heterocycles. The van der Waals surface area contributed by atoms with E-state index in [2.05, 4.69) is 44.4 Å². The number of carbonyl (C=O) groups excluding carboxylic acids is 1. The lowest BCUT2D eigenvalue weighted by atomic mass is 10.2. The molecule has 0 aliphatic carbocycles. The summed E-state index contributed by atoms with van der Waals surface area (Å²) in [5.74, 6) is 2.56. The van der Waals surface area contributed by atoms with E-state index >= 15 is 0 Å². The fraction of sp³-hybridized carbons (Fsp3) is 0.450. The smallest absolute Gasteiger partial charge is 0.257 e. The SMILES string of the molecule is CCCc1cc(N2CCN(C(=O)c3cccnc3)CC2)nc2nnc(CC)n12. The maximum atomic E-state index is 12.6. The highest BCUT2D eigenvalue weighted by atomic mass is 16.2. The first-order valence-corrected chi connectivity index (χ1v) is 9.89. The third kappa shape index (κ3) is 3.42. The second-order valence-electron chi connectivity index (χ2n) is 6.98. The Morgan fingerprint density at radius 2 is 1.96 bits per heavy atom. The number of rotatable bonds is 5. The largest absolute Gasteiger partial charge is 0.353 e. The van der Waals surface area contributed by atoms with Gasteiger partial charge in [0.15, 0.2) is 0 Å². The predicted molar refractivity (Wildman–Crippen MR) is 107 cm³/mol. The molecule has 0 unspecified atom stereocenters. The van der Waals surface area contributed by atoms with Crippen molar-refractivity contribution in [2.24, 2.45) is 0 Å². The van der Waals surface area contributed by atoms with E-state index in [1.54, 1.807) is 18.5 Å². The average molecular weight is 379 g/mol. The Hall–Kier alpha value is -3.03. The third-order valence-corrected chi connectivity index (χ3v) is 5.13. The van der Waals surface area contributed by atoms with Gasteiger partial charge in [-0.15, -0.1) is 10.2 Å². The van der Waals surface area contributed by atoms with Gasteiger partial charge in [-0.1, -0.05) is 20.3 Å². The van der Waals surface area contributed by atoms with Crippen molar-refractivity contribution in [1.29, 1.82) is 0 Å². The van der Waals surface area contributed by atoms with Crippen molar-refractivity contribution >= 4 is 17.5 Å². The number of piperazine rings is 1. The topological polar surface area (TPSA) is 79.5 Å². The first-order valence-electron chi connectivity index (χ1n) is 9.89. The second kappa shape index (κ2) is 7.92. The number of pyridine rings is 1. The number of fused-ring (bicyclic) bond motifs is 1. The number of aryl methyl sites for hydroxylation is 2. The molecule has 0 spiro atoms. The van der Waals surface area contributed by atoms with Crippen LogP contribution in [-0.4, -0.2) is 61.6 Å². The van der Waals surface area contributed by atoms with Crippen molar-refractivity contribution in [3.05, 3.63) is 47.7 Å². The minimum Gasteiger partial charge on any atom is -0.353 e. The molecule has 28 heavy (non-hydrogen) atoms. The molecule has 1 fully saturated rings. The molecule has 0 radical (unpaired) electrons. The van der Waals surface area contributed by atoms with E-state index in [1.165, 1.54) is 5.69 Å². The number of anilines is 1. The fourth-order valence-corrected chi connectivity index (χ4v) is 3.66. The summed E-state index contributed by atoms with van der Waals surface area (Å²) in [6, 6.07) is 5.75. The Bertz CT molecular complexity index is 961. The van der Waals surface area contributed by atoms with Crippen LogP contribution < -0.4 is 4.90 Å². The molecule has 4 rings (SSSR count). The van der Waals surface area contributed by atoms with E-state index in [4.69, 9.17) is 4.98 Å². The van der Waals surface area contributed by atoms with E-state index in [-0.39, 0.29) is 5.91 Å². The van der Waals surface area contributed by atoms with Gasteiger partial charge in [0.2, 0.25) is 0 Å². The van der Waals surface area contributed by atoms with Crippen LogP contribution in [0.25, 0.3) is 5.78 Å². The summed E-state index contributed by atoms with van der Waals surface area (Å²) in [6.45, 7) is 7.07. The molecule has 0 saturated carbocycles. The van der Waals surface area contributed by atoms with E-state index in [0.29, 0.717) is 24.4 Å². The zero-order valence-electron chi connectivity index (χ0n) is 16.4. The van der Waals surface area contributed by atoms with E-state index < -0.39 is 0 Å². The summed E-state index contributed by atoms with van der Waals surface area (Å²) in [6.07, 6.45) is 6.13. The van der Waals surface area contributed by atoms with Crippen LogP contribution in [0.15, 0.2) is 30.6 Å². The molecule has 0 atom stereocenters. The maximum Gasteiger partial charge on any atom is 0.257 e. The van der Waals surface area contributed by atoms with Gasteiger partial charge in [-0.05, 0) is 18.6 Å². The van der Waals surface area contributed by atoms with Crippen LogP contribution in [0.3, 0.4) is 0 Å². The van der Waals surface area contributed by atoms with Gasteiger partial charge in [-0.2, -0.15) is 4.98 Å². The number of carbonyl (C=O) groups is 1. The zero-order valence-corrected chi connectivity index (χ0v) is 16.4. The second-order valence-corrected chi connectivity index (χ2v) is 6.98. The van der Waals surface area contributed by atoms with Crippen LogP contribution >= 0.6 is 0 Å². The first kappa shape index (κ1) is 18.3. The molecule has 4 heterocycles. The predicted octanol–water partition coefficient (Wildman–Crippen LogP) is 2.00. The lowest BCUT2D eigenvalue weighted by Crippen LogP contribution is -2.49. The average Bonchev–Trinajstić information content (AvgIpc) is 3.17. The lowest BCUT2D eigenvalue weighted by Gasteiger charge is -2.35. The maximum absolute atomic E-state index is 12.6. The number of aromatic nitrogens is 5. The molecular weight excluding hydrogens is 354 g/mol. The summed E-state index contributed by atoms with van der Waals surface area (Å²) >= 11 is 0. The summed E-state index contributed by atoms with van der Waals surface area (Å²) in [5.41, 5.74) is 1.83. The highest BCUT2D eigenvalue weighted by Gasteiger charge is 2.24. The monoisotopic (exact) mass is 379 g/mol. The highest BCUT2D eigenvalue weighted by Crippen LogP contribution is 2.20. The Morgan fingerprint density at radius 1 is 1.14 bits per heavy atom. The normalized spacial score (nSPS) is 14.6. The van der Waals surface area contributed by atoms with Crippen LogP contribution in [0, 0.1) is 0 Å². The number of amides is 1. The lowest BCUT2D eigenvalue weighted by molar-refractivity contribution is 0.0746. The van der Waals surface area contributed by atoms with Gasteiger partial charge in [0.25, 0.3) is 11.7 Å². The molecule has 1 aliphatic rings. The molecule has 0 aromatic carbocycles. The molecule has 3 aromatic heterocycles. The van der Waals surface area contributed by atoms with Crippen molar-refractivity contribution in [3.8, 4) is 0 Å². The van der Waals surface area contributed by atoms with Crippen molar-refractivity contribution in [3.63, 3.8) is 0 Å². The van der Waals surface area contributed by atoms with E-state index in [9.17, 15) is 4.79 Å². The third-order valence-electron chi connectivity index (χ3n) is 5.13. The zero-order chi connectivity index (χ0) is 19.5. The highest BCUT2D eigenvalue weighted by molar-refractivity contribution is 5.94. The Kier molecular flexibility index (Phi) is 5.18. The molecule has 8 heteroatoms. The first-order chi connectivity index (χ1) is 13.7. The van der Waals surface area contributed by atoms with Crippen molar-refractivity contribution in [2.75, 3.05) is 31.1 Å². The molecule has 8 nitrogen and oxygen atoms in total. The van der Waals surface area contributed by atoms with Gasteiger partial charge >= 0.3 is 0 Å². The van der Waals surface area contributed by atoms with Gasteiger partial charge in [-0.3, -0.25) is 14.2 Å².